The first-order valence-corrected chi connectivity index (χ1v) is 11.2. The summed E-state index contributed by atoms with van der Waals surface area (Å²) in [6, 6.07) is 8.33. The molecule has 1 aromatic rings. The van der Waals surface area contributed by atoms with Crippen molar-refractivity contribution < 1.29 is 22.8 Å². The van der Waals surface area contributed by atoms with Crippen molar-refractivity contribution >= 4 is 39.7 Å². The fourth-order valence-corrected chi connectivity index (χ4v) is 3.38. The van der Waals surface area contributed by atoms with Crippen LogP contribution in [-0.2, 0) is 14.3 Å². The first-order chi connectivity index (χ1) is 12.6. The molecule has 0 aliphatic heterocycles. The van der Waals surface area contributed by atoms with Crippen LogP contribution in [0.25, 0.3) is 0 Å². The van der Waals surface area contributed by atoms with E-state index >= 15 is 0 Å². The molecule has 5 nitrogen and oxygen atoms in total. The van der Waals surface area contributed by atoms with Gasteiger partial charge in [-0.05, 0) is 18.6 Å². The van der Waals surface area contributed by atoms with Gasteiger partial charge < -0.3 is 10.2 Å². The van der Waals surface area contributed by atoms with Gasteiger partial charge in [0, 0.05) is 29.6 Å². The summed E-state index contributed by atoms with van der Waals surface area (Å²) in [6.07, 6.45) is 12.3. The molecule has 7 heteroatoms. The van der Waals surface area contributed by atoms with E-state index in [0.29, 0.717) is 0 Å². The molecule has 153 valence electrons. The van der Waals surface area contributed by atoms with Crippen molar-refractivity contribution in [1.29, 1.82) is 0 Å². The number of hydrogen-bond acceptors (Lipinski definition) is 5. The number of rotatable bonds is 14. The third-order valence-corrected chi connectivity index (χ3v) is 5.19. The van der Waals surface area contributed by atoms with Gasteiger partial charge in [0.05, 0.1) is 24.7 Å². The van der Waals surface area contributed by atoms with Crippen LogP contribution in [0.5, 0.6) is 0 Å². The maximum absolute atomic E-state index is 11.9. The van der Waals surface area contributed by atoms with Gasteiger partial charge in [0.2, 0.25) is 0 Å². The van der Waals surface area contributed by atoms with Crippen LogP contribution in [0.2, 0.25) is 0 Å². The van der Waals surface area contributed by atoms with Crippen molar-refractivity contribution in [3.63, 3.8) is 0 Å². The van der Waals surface area contributed by atoms with E-state index in [4.69, 9.17) is 14.4 Å². The van der Waals surface area contributed by atoms with E-state index in [2.05, 4.69) is 6.92 Å². The van der Waals surface area contributed by atoms with Gasteiger partial charge >= 0.3 is 0 Å². The van der Waals surface area contributed by atoms with Crippen molar-refractivity contribution in [3.05, 3.63) is 30.3 Å². The molecule has 2 N–H and O–H groups in total. The van der Waals surface area contributed by atoms with Gasteiger partial charge in [0.15, 0.2) is 0 Å². The van der Waals surface area contributed by atoms with E-state index in [1.165, 1.54) is 51.4 Å². The van der Waals surface area contributed by atoms with Crippen molar-refractivity contribution in [2.24, 2.45) is 0 Å². The van der Waals surface area contributed by atoms with Crippen molar-refractivity contribution in [3.8, 4) is 0 Å². The summed E-state index contributed by atoms with van der Waals surface area (Å²) in [5, 5.41) is 15.2. The van der Waals surface area contributed by atoms with E-state index < -0.39 is 10.1 Å². The number of benzene rings is 1. The van der Waals surface area contributed by atoms with Gasteiger partial charge in [-0.15, -0.1) is 0 Å². The normalized spacial score (nSPS) is 10.6. The van der Waals surface area contributed by atoms with Crippen LogP contribution >= 0.6 is 0 Å². The van der Waals surface area contributed by atoms with Crippen LogP contribution in [0, 0.1) is 0 Å². The second-order valence-electron chi connectivity index (χ2n) is 6.22. The molecular weight excluding hydrogens is 375 g/mol. The molecule has 1 radical (unpaired) electrons. The second kappa shape index (κ2) is 20.8. The predicted octanol–water partition coefficient (Wildman–Crippen LogP) is 3.90. The van der Waals surface area contributed by atoms with Crippen LogP contribution in [0.1, 0.15) is 71.1 Å². The molecule has 0 saturated heterocycles. The topological polar surface area (TPSA) is 83.8 Å². The molecule has 0 fully saturated rings. The molecule has 1 rings (SSSR count). The smallest absolute Gasteiger partial charge is 0.296 e. The Bertz CT molecular complexity index is 506. The van der Waals surface area contributed by atoms with Gasteiger partial charge in [0.1, 0.15) is 0 Å². The fraction of sp³-hybridized carbons (Fsp3) is 0.700. The first kappa shape index (κ1) is 29.3. The number of aliphatic hydroxyl groups is 2. The van der Waals surface area contributed by atoms with Gasteiger partial charge in [-0.1, -0.05) is 82.9 Å². The first-order valence-electron chi connectivity index (χ1n) is 9.74. The van der Waals surface area contributed by atoms with Crippen molar-refractivity contribution in [2.45, 2.75) is 76.0 Å². The summed E-state index contributed by atoms with van der Waals surface area (Å²) in [6.45, 7) is 2.27. The molecule has 0 atom stereocenters. The molecule has 27 heavy (non-hydrogen) atoms. The van der Waals surface area contributed by atoms with Crippen LogP contribution in [0.4, 0.5) is 0 Å². The molecule has 0 bridgehead atoms. The minimum absolute atomic E-state index is 0. The van der Waals surface area contributed by atoms with Gasteiger partial charge in [-0.25, -0.2) is 0 Å². The summed E-state index contributed by atoms with van der Waals surface area (Å²) in [7, 11) is -3.57. The third kappa shape index (κ3) is 17.9. The molecule has 0 aromatic heterocycles. The monoisotopic (exact) mass is 411 g/mol. The van der Waals surface area contributed by atoms with Gasteiger partial charge in [-0.2, -0.15) is 8.42 Å². The average Bonchev–Trinajstić information content (AvgIpc) is 2.67. The van der Waals surface area contributed by atoms with Crippen LogP contribution < -0.4 is 0 Å². The molecular formula is C20H36NaO5S. The van der Waals surface area contributed by atoms with Crippen LogP contribution in [0.15, 0.2) is 35.2 Å². The molecule has 0 amide bonds. The Kier molecular flexibility index (Phi) is 22.5. The van der Waals surface area contributed by atoms with E-state index in [1.807, 2.05) is 0 Å². The summed E-state index contributed by atoms with van der Waals surface area (Å²) in [5.41, 5.74) is 0. The Balaban J connectivity index is 0. The average molecular weight is 412 g/mol. The molecule has 0 unspecified atom stereocenters. The van der Waals surface area contributed by atoms with E-state index in [0.717, 1.165) is 12.8 Å². The number of hydrogen-bond donors (Lipinski definition) is 2. The third-order valence-electron chi connectivity index (χ3n) is 3.87. The Labute approximate surface area is 187 Å². The van der Waals surface area contributed by atoms with E-state index in [1.54, 1.807) is 30.3 Å². The quantitative estimate of drug-likeness (QED) is 0.276. The zero-order valence-corrected chi connectivity index (χ0v) is 19.9. The molecule has 0 aliphatic carbocycles. The SMILES string of the molecule is CCCCCCCCCCCCOS(=O)(=O)c1ccccc1.OCCO.[Na]. The predicted molar refractivity (Wildman–Crippen MR) is 111 cm³/mol. The molecule has 1 aromatic carbocycles. The molecule has 0 spiro atoms. The second-order valence-corrected chi connectivity index (χ2v) is 7.83. The Morgan fingerprint density at radius 3 is 1.67 bits per heavy atom. The largest absolute Gasteiger partial charge is 0.394 e. The maximum atomic E-state index is 11.9. The molecule has 0 saturated carbocycles. The zero-order valence-electron chi connectivity index (χ0n) is 17.1. The Hall–Kier alpha value is 0.0500. The standard InChI is InChI=1S/C18H30O3S.C2H6O2.Na/c1-2-3-4-5-6-7-8-9-10-14-17-21-22(19,20)18-15-12-11-13-16-18;3-1-2-4;/h11-13,15-16H,2-10,14,17H2,1H3;3-4H,1-2H2;. The minimum Gasteiger partial charge on any atom is -0.394 e. The van der Waals surface area contributed by atoms with Crippen LogP contribution in [-0.4, -0.2) is 68.0 Å². The van der Waals surface area contributed by atoms with E-state index in [-0.39, 0.29) is 54.3 Å². The van der Waals surface area contributed by atoms with Crippen molar-refractivity contribution in [2.75, 3.05) is 19.8 Å². The minimum atomic E-state index is -3.57. The molecule has 0 aliphatic rings. The fourth-order valence-electron chi connectivity index (χ4n) is 2.41. The molecule has 0 heterocycles. The van der Waals surface area contributed by atoms with Gasteiger partial charge in [-0.3, -0.25) is 4.18 Å². The number of aliphatic hydroxyl groups excluding tert-OH is 2. The van der Waals surface area contributed by atoms with Gasteiger partial charge in [0.25, 0.3) is 10.1 Å². The summed E-state index contributed by atoms with van der Waals surface area (Å²) >= 11 is 0. The summed E-state index contributed by atoms with van der Waals surface area (Å²) < 4.78 is 28.8. The number of unbranched alkanes of at least 4 members (excludes halogenated alkanes) is 9. The summed E-state index contributed by atoms with van der Waals surface area (Å²) in [5.74, 6) is 0. The van der Waals surface area contributed by atoms with Crippen molar-refractivity contribution in [1.82, 2.24) is 0 Å². The Morgan fingerprint density at radius 1 is 0.778 bits per heavy atom. The zero-order chi connectivity index (χ0) is 19.5. The Morgan fingerprint density at radius 2 is 1.22 bits per heavy atom. The summed E-state index contributed by atoms with van der Waals surface area (Å²) in [4.78, 5) is 0.238. The van der Waals surface area contributed by atoms with E-state index in [9.17, 15) is 8.42 Å². The maximum Gasteiger partial charge on any atom is 0.296 e. The van der Waals surface area contributed by atoms with Crippen LogP contribution in [0.3, 0.4) is 0 Å².